The van der Waals surface area contributed by atoms with Gasteiger partial charge in [-0.05, 0) is 51.1 Å². The van der Waals surface area contributed by atoms with Gasteiger partial charge in [0, 0.05) is 14.9 Å². The summed E-state index contributed by atoms with van der Waals surface area (Å²) in [4.78, 5) is 26.4. The van der Waals surface area contributed by atoms with Crippen LogP contribution in [0.1, 0.15) is 32.8 Å². The number of rotatable bonds is 5. The Kier molecular flexibility index (Phi) is 6.24. The fourth-order valence-electron chi connectivity index (χ4n) is 3.00. The van der Waals surface area contributed by atoms with Crippen molar-refractivity contribution >= 4 is 45.3 Å². The minimum absolute atomic E-state index is 0.0150. The first-order valence-corrected chi connectivity index (χ1v) is 10.7. The molecule has 2 aromatic carbocycles. The number of carboxylic acids is 1. The number of nitrogens with zero attached hydrogens (tertiary/aromatic N) is 1. The Labute approximate surface area is 181 Å². The van der Waals surface area contributed by atoms with Crippen molar-refractivity contribution in [3.8, 4) is 5.75 Å². The fraction of sp³-hybridized carbons (Fsp3) is 0.333. The molecule has 1 heterocycles. The lowest BCUT2D eigenvalue weighted by molar-refractivity contribution is -0.138. The molecule has 0 aromatic heterocycles. The summed E-state index contributed by atoms with van der Waals surface area (Å²) in [6, 6.07) is 9.98. The highest BCUT2D eigenvalue weighted by atomic mass is 79.9. The minimum atomic E-state index is -1.06. The summed E-state index contributed by atoms with van der Waals surface area (Å²) < 4.78 is 20.9. The maximum absolute atomic E-state index is 14.4. The molecule has 29 heavy (non-hydrogen) atoms. The van der Waals surface area contributed by atoms with E-state index in [0.29, 0.717) is 21.5 Å². The van der Waals surface area contributed by atoms with Crippen LogP contribution in [0.4, 0.5) is 10.1 Å². The number of carbonyl (C=O) groups is 2. The Hall–Kier alpha value is -2.06. The molecular weight excluding hydrogens is 461 g/mol. The van der Waals surface area contributed by atoms with Crippen LogP contribution in [0.15, 0.2) is 45.8 Å². The van der Waals surface area contributed by atoms with Crippen molar-refractivity contribution in [3.63, 3.8) is 0 Å². The molecule has 154 valence electrons. The Morgan fingerprint density at radius 2 is 2.00 bits per heavy atom. The number of hydrogen-bond donors (Lipinski definition) is 1. The van der Waals surface area contributed by atoms with Crippen LogP contribution in [0.5, 0.6) is 5.75 Å². The van der Waals surface area contributed by atoms with E-state index in [2.05, 4.69) is 15.9 Å². The molecule has 0 radical (unpaired) electrons. The highest BCUT2D eigenvalue weighted by Crippen LogP contribution is 2.43. The average Bonchev–Trinajstić information content (AvgIpc) is 2.58. The standard InChI is InChI=1S/C21H21BrFNO4S/c1-21(2,3)28-14-6-7-16-17(9-14)29-18(10-19(25)26)20(27)24(16)11-12-4-5-13(22)8-15(12)23/h4-9,18H,10-11H2,1-3H3,(H,25,26). The highest BCUT2D eigenvalue weighted by molar-refractivity contribution is 9.10. The number of benzene rings is 2. The molecule has 1 amide bonds. The number of anilines is 1. The number of thioether (sulfide) groups is 1. The maximum Gasteiger partial charge on any atom is 0.305 e. The van der Waals surface area contributed by atoms with E-state index >= 15 is 0 Å². The predicted octanol–water partition coefficient (Wildman–Crippen LogP) is 5.25. The van der Waals surface area contributed by atoms with Gasteiger partial charge in [-0.1, -0.05) is 22.0 Å². The molecule has 0 bridgehead atoms. The summed E-state index contributed by atoms with van der Waals surface area (Å²) in [7, 11) is 0. The quantitative estimate of drug-likeness (QED) is 0.631. The second-order valence-corrected chi connectivity index (χ2v) is 9.87. The topological polar surface area (TPSA) is 66.8 Å². The van der Waals surface area contributed by atoms with Gasteiger partial charge < -0.3 is 14.7 Å². The third-order valence-electron chi connectivity index (χ3n) is 4.16. The largest absolute Gasteiger partial charge is 0.488 e. The molecular formula is C21H21BrFNO4S. The number of fused-ring (bicyclic) bond motifs is 1. The zero-order valence-corrected chi connectivity index (χ0v) is 18.6. The fourth-order valence-corrected chi connectivity index (χ4v) is 4.57. The number of ether oxygens (including phenoxy) is 1. The lowest BCUT2D eigenvalue weighted by Gasteiger charge is -2.34. The molecule has 3 rings (SSSR count). The van der Waals surface area contributed by atoms with Crippen molar-refractivity contribution in [1.82, 2.24) is 0 Å². The van der Waals surface area contributed by atoms with Gasteiger partial charge in [-0.2, -0.15) is 0 Å². The summed E-state index contributed by atoms with van der Waals surface area (Å²) in [6.45, 7) is 5.80. The lowest BCUT2D eigenvalue weighted by atomic mass is 10.1. The molecule has 0 spiro atoms. The molecule has 1 N–H and O–H groups in total. The molecule has 0 fully saturated rings. The monoisotopic (exact) mass is 481 g/mol. The number of halogens is 2. The van der Waals surface area contributed by atoms with Crippen LogP contribution in [-0.4, -0.2) is 27.8 Å². The molecule has 5 nitrogen and oxygen atoms in total. The van der Waals surface area contributed by atoms with E-state index in [0.717, 1.165) is 4.90 Å². The number of carboxylic acid groups (broad SMARTS) is 1. The Morgan fingerprint density at radius 1 is 1.28 bits per heavy atom. The maximum atomic E-state index is 14.4. The SMILES string of the molecule is CC(C)(C)Oc1ccc2c(c1)SC(CC(=O)O)C(=O)N2Cc1ccc(Br)cc1F. The van der Waals surface area contributed by atoms with Crippen LogP contribution in [0.3, 0.4) is 0 Å². The summed E-state index contributed by atoms with van der Waals surface area (Å²) in [5, 5.41) is 8.43. The van der Waals surface area contributed by atoms with Crippen molar-refractivity contribution in [1.29, 1.82) is 0 Å². The first-order valence-electron chi connectivity index (χ1n) is 9.00. The Balaban J connectivity index is 2.00. The molecule has 8 heteroatoms. The molecule has 0 saturated heterocycles. The third kappa shape index (κ3) is 5.30. The Bertz CT molecular complexity index is 960. The molecule has 2 aromatic rings. The average molecular weight is 482 g/mol. The zero-order valence-electron chi connectivity index (χ0n) is 16.2. The zero-order chi connectivity index (χ0) is 21.3. The van der Waals surface area contributed by atoms with Gasteiger partial charge in [-0.3, -0.25) is 9.59 Å². The predicted molar refractivity (Wildman–Crippen MR) is 114 cm³/mol. The van der Waals surface area contributed by atoms with Crippen LogP contribution in [0.25, 0.3) is 0 Å². The van der Waals surface area contributed by atoms with Gasteiger partial charge in [-0.25, -0.2) is 4.39 Å². The Morgan fingerprint density at radius 3 is 2.62 bits per heavy atom. The third-order valence-corrected chi connectivity index (χ3v) is 5.89. The minimum Gasteiger partial charge on any atom is -0.488 e. The lowest BCUT2D eigenvalue weighted by Crippen LogP contribution is -2.41. The van der Waals surface area contributed by atoms with Gasteiger partial charge in [0.2, 0.25) is 5.91 Å². The van der Waals surface area contributed by atoms with Crippen LogP contribution >= 0.6 is 27.7 Å². The second kappa shape index (κ2) is 8.36. The molecule has 1 aliphatic rings. The van der Waals surface area contributed by atoms with E-state index in [1.54, 1.807) is 30.3 Å². The summed E-state index contributed by atoms with van der Waals surface area (Å²) in [5.74, 6) is -1.22. The molecule has 1 aliphatic heterocycles. The first kappa shape index (κ1) is 21.6. The molecule has 1 unspecified atom stereocenters. The van der Waals surface area contributed by atoms with Crippen molar-refractivity contribution in [2.24, 2.45) is 0 Å². The van der Waals surface area contributed by atoms with E-state index < -0.39 is 22.6 Å². The van der Waals surface area contributed by atoms with Gasteiger partial charge in [0.05, 0.1) is 23.9 Å². The smallest absolute Gasteiger partial charge is 0.305 e. The summed E-state index contributed by atoms with van der Waals surface area (Å²) in [6.07, 6.45) is -0.313. The van der Waals surface area contributed by atoms with Gasteiger partial charge >= 0.3 is 5.97 Å². The second-order valence-electron chi connectivity index (χ2n) is 7.71. The number of amides is 1. The van der Waals surface area contributed by atoms with Gasteiger partial charge in [0.15, 0.2) is 0 Å². The van der Waals surface area contributed by atoms with Crippen molar-refractivity contribution < 1.29 is 23.8 Å². The van der Waals surface area contributed by atoms with Gasteiger partial charge in [0.1, 0.15) is 17.2 Å². The molecule has 1 atom stereocenters. The highest BCUT2D eigenvalue weighted by Gasteiger charge is 2.35. The normalized spacial score (nSPS) is 16.5. The summed E-state index contributed by atoms with van der Waals surface area (Å²) >= 11 is 4.43. The van der Waals surface area contributed by atoms with Crippen molar-refractivity contribution in [3.05, 3.63) is 52.3 Å². The van der Waals surface area contributed by atoms with Crippen LogP contribution in [-0.2, 0) is 16.1 Å². The number of carbonyl (C=O) groups excluding carboxylic acids is 1. The van der Waals surface area contributed by atoms with Crippen LogP contribution < -0.4 is 9.64 Å². The van der Waals surface area contributed by atoms with E-state index in [1.807, 2.05) is 20.8 Å². The molecule has 0 aliphatic carbocycles. The van der Waals surface area contributed by atoms with Gasteiger partial charge in [-0.15, -0.1) is 11.8 Å². The van der Waals surface area contributed by atoms with Gasteiger partial charge in [0.25, 0.3) is 0 Å². The molecule has 0 saturated carbocycles. The van der Waals surface area contributed by atoms with Crippen molar-refractivity contribution in [2.45, 2.75) is 49.5 Å². The van der Waals surface area contributed by atoms with E-state index in [4.69, 9.17) is 4.74 Å². The summed E-state index contributed by atoms with van der Waals surface area (Å²) in [5.41, 5.74) is 0.568. The van der Waals surface area contributed by atoms with E-state index in [9.17, 15) is 19.1 Å². The van der Waals surface area contributed by atoms with E-state index in [1.165, 1.54) is 22.7 Å². The van der Waals surface area contributed by atoms with E-state index in [-0.39, 0.29) is 18.9 Å². The van der Waals surface area contributed by atoms with Crippen LogP contribution in [0, 0.1) is 5.82 Å². The first-order chi connectivity index (χ1) is 13.5. The van der Waals surface area contributed by atoms with Crippen LogP contribution in [0.2, 0.25) is 0 Å². The number of hydrogen-bond acceptors (Lipinski definition) is 4. The van der Waals surface area contributed by atoms with Crippen molar-refractivity contribution in [2.75, 3.05) is 4.90 Å². The number of aliphatic carboxylic acids is 1.